The number of nitrogens with one attached hydrogen (secondary N) is 2. The highest BCUT2D eigenvalue weighted by atomic mass is 16.4. The summed E-state index contributed by atoms with van der Waals surface area (Å²) in [5.74, 6) is 4.71. The highest BCUT2D eigenvalue weighted by Crippen LogP contribution is 2.03. The number of urea groups is 1. The molecule has 0 aliphatic heterocycles. The quantitative estimate of drug-likeness (QED) is 0.586. The van der Waals surface area contributed by atoms with Crippen molar-refractivity contribution in [1.29, 1.82) is 0 Å². The van der Waals surface area contributed by atoms with Crippen LogP contribution in [0.15, 0.2) is 0 Å². The molecule has 2 amide bonds. The second kappa shape index (κ2) is 8.60. The average molecular weight is 226 g/mol. The Morgan fingerprint density at radius 3 is 2.62 bits per heavy atom. The van der Waals surface area contributed by atoms with Gasteiger partial charge in [-0.05, 0) is 19.3 Å². The topological polar surface area (TPSA) is 78.4 Å². The molecule has 3 N–H and O–H groups in total. The van der Waals surface area contributed by atoms with Crippen LogP contribution in [0.1, 0.15) is 26.7 Å². The van der Waals surface area contributed by atoms with Gasteiger partial charge in [0.2, 0.25) is 0 Å². The molecule has 1 unspecified atom stereocenters. The summed E-state index contributed by atoms with van der Waals surface area (Å²) in [6.07, 6.45) is 0.691. The predicted molar refractivity (Wildman–Crippen MR) is 60.9 cm³/mol. The molecule has 0 aliphatic carbocycles. The Bertz CT molecular complexity index is 291. The summed E-state index contributed by atoms with van der Waals surface area (Å²) < 4.78 is 0. The van der Waals surface area contributed by atoms with Crippen molar-refractivity contribution >= 4 is 12.0 Å². The van der Waals surface area contributed by atoms with E-state index in [-0.39, 0.29) is 18.4 Å². The number of carboxylic acid groups (broad SMARTS) is 1. The lowest BCUT2D eigenvalue weighted by atomic mass is 10.1. The van der Waals surface area contributed by atoms with Gasteiger partial charge in [0.25, 0.3) is 0 Å². The third-order valence-corrected chi connectivity index (χ3v) is 1.98. The first-order valence-corrected chi connectivity index (χ1v) is 5.19. The van der Waals surface area contributed by atoms with E-state index in [4.69, 9.17) is 5.11 Å². The van der Waals surface area contributed by atoms with E-state index in [2.05, 4.69) is 22.5 Å². The molecule has 0 rings (SSSR count). The maximum atomic E-state index is 11.2. The minimum absolute atomic E-state index is 0.131. The van der Waals surface area contributed by atoms with Gasteiger partial charge >= 0.3 is 12.0 Å². The van der Waals surface area contributed by atoms with Crippen molar-refractivity contribution in [3.05, 3.63) is 0 Å². The fourth-order valence-corrected chi connectivity index (χ4v) is 1.01. The molecular formula is C11H18N2O3. The second-order valence-corrected chi connectivity index (χ2v) is 3.53. The number of carboxylic acids is 1. The van der Waals surface area contributed by atoms with Crippen molar-refractivity contribution in [2.24, 2.45) is 5.92 Å². The molecule has 0 bridgehead atoms. The zero-order valence-corrected chi connectivity index (χ0v) is 9.67. The molecule has 1 atom stereocenters. The molecule has 0 saturated heterocycles. The van der Waals surface area contributed by atoms with Crippen LogP contribution in [0.3, 0.4) is 0 Å². The zero-order chi connectivity index (χ0) is 12.4. The van der Waals surface area contributed by atoms with Crippen LogP contribution in [0.4, 0.5) is 4.79 Å². The Morgan fingerprint density at radius 2 is 2.06 bits per heavy atom. The van der Waals surface area contributed by atoms with Crippen LogP contribution < -0.4 is 10.6 Å². The van der Waals surface area contributed by atoms with E-state index in [1.54, 1.807) is 6.92 Å². The number of hydrogen-bond donors (Lipinski definition) is 3. The van der Waals surface area contributed by atoms with Gasteiger partial charge in [0.05, 0.1) is 6.54 Å². The first kappa shape index (κ1) is 14.3. The van der Waals surface area contributed by atoms with Crippen LogP contribution in [-0.4, -0.2) is 30.2 Å². The zero-order valence-electron chi connectivity index (χ0n) is 9.67. The number of carbonyl (C=O) groups excluding carboxylic acids is 1. The highest BCUT2D eigenvalue weighted by Gasteiger charge is 2.06. The monoisotopic (exact) mass is 226 g/mol. The third kappa shape index (κ3) is 8.88. The molecule has 0 aromatic carbocycles. The van der Waals surface area contributed by atoms with E-state index < -0.39 is 5.97 Å². The minimum atomic E-state index is -0.811. The van der Waals surface area contributed by atoms with Gasteiger partial charge in [-0.25, -0.2) is 4.79 Å². The molecule has 5 heteroatoms. The highest BCUT2D eigenvalue weighted by molar-refractivity contribution is 5.74. The summed E-state index contributed by atoms with van der Waals surface area (Å²) in [7, 11) is 0. The van der Waals surface area contributed by atoms with E-state index in [0.29, 0.717) is 19.5 Å². The van der Waals surface area contributed by atoms with Crippen LogP contribution in [-0.2, 0) is 4.79 Å². The number of hydrogen-bond acceptors (Lipinski definition) is 2. The standard InChI is InChI=1S/C11H18N2O3/c1-3-4-7-12-11(16)13-8-9(2)5-6-10(14)15/h9H,5-8H2,1-2H3,(H,14,15)(H2,12,13,16). The molecule has 16 heavy (non-hydrogen) atoms. The van der Waals surface area contributed by atoms with Gasteiger partial charge in [-0.2, -0.15) is 0 Å². The van der Waals surface area contributed by atoms with Crippen LogP contribution in [0, 0.1) is 17.8 Å². The largest absolute Gasteiger partial charge is 0.481 e. The summed E-state index contributed by atoms with van der Waals surface area (Å²) in [5.41, 5.74) is 0. The SMILES string of the molecule is CC#CCNC(=O)NCC(C)CCC(=O)O. The van der Waals surface area contributed by atoms with Gasteiger partial charge in [-0.1, -0.05) is 12.8 Å². The lowest BCUT2D eigenvalue weighted by molar-refractivity contribution is -0.137. The minimum Gasteiger partial charge on any atom is -0.481 e. The first-order chi connectivity index (χ1) is 7.56. The number of carbonyl (C=O) groups is 2. The van der Waals surface area contributed by atoms with Crippen LogP contribution >= 0.6 is 0 Å². The summed E-state index contributed by atoms with van der Waals surface area (Å²) in [4.78, 5) is 21.5. The van der Waals surface area contributed by atoms with E-state index in [1.807, 2.05) is 6.92 Å². The van der Waals surface area contributed by atoms with Crippen molar-refractivity contribution in [3.8, 4) is 11.8 Å². The van der Waals surface area contributed by atoms with E-state index >= 15 is 0 Å². The maximum Gasteiger partial charge on any atom is 0.315 e. The Balaban J connectivity index is 3.57. The second-order valence-electron chi connectivity index (χ2n) is 3.53. The Morgan fingerprint density at radius 1 is 1.38 bits per heavy atom. The first-order valence-electron chi connectivity index (χ1n) is 5.19. The third-order valence-electron chi connectivity index (χ3n) is 1.98. The van der Waals surface area contributed by atoms with Gasteiger partial charge in [0, 0.05) is 13.0 Å². The van der Waals surface area contributed by atoms with Gasteiger partial charge in [0.1, 0.15) is 0 Å². The van der Waals surface area contributed by atoms with E-state index in [9.17, 15) is 9.59 Å². The summed E-state index contributed by atoms with van der Waals surface area (Å²) >= 11 is 0. The van der Waals surface area contributed by atoms with Crippen LogP contribution in [0.25, 0.3) is 0 Å². The molecule has 0 aromatic heterocycles. The Hall–Kier alpha value is -1.70. The molecule has 0 saturated carbocycles. The normalized spacial score (nSPS) is 10.9. The van der Waals surface area contributed by atoms with Crippen LogP contribution in [0.5, 0.6) is 0 Å². The maximum absolute atomic E-state index is 11.2. The average Bonchev–Trinajstić information content (AvgIpc) is 2.24. The fourth-order valence-electron chi connectivity index (χ4n) is 1.01. The molecule has 0 radical (unpaired) electrons. The number of aliphatic carboxylic acids is 1. The van der Waals surface area contributed by atoms with Crippen molar-refractivity contribution in [2.45, 2.75) is 26.7 Å². The fraction of sp³-hybridized carbons (Fsp3) is 0.636. The van der Waals surface area contributed by atoms with Gasteiger partial charge in [-0.3, -0.25) is 4.79 Å². The Kier molecular flexibility index (Phi) is 7.68. The van der Waals surface area contributed by atoms with Crippen molar-refractivity contribution in [1.82, 2.24) is 10.6 Å². The summed E-state index contributed by atoms with van der Waals surface area (Å²) in [6, 6.07) is -0.273. The van der Waals surface area contributed by atoms with E-state index in [1.165, 1.54) is 0 Å². The van der Waals surface area contributed by atoms with Crippen molar-refractivity contribution in [3.63, 3.8) is 0 Å². The summed E-state index contributed by atoms with van der Waals surface area (Å²) in [6.45, 7) is 4.40. The van der Waals surface area contributed by atoms with Gasteiger partial charge in [0.15, 0.2) is 0 Å². The van der Waals surface area contributed by atoms with Crippen molar-refractivity contribution in [2.75, 3.05) is 13.1 Å². The molecule has 0 aromatic rings. The van der Waals surface area contributed by atoms with Crippen LogP contribution in [0.2, 0.25) is 0 Å². The molecule has 0 heterocycles. The smallest absolute Gasteiger partial charge is 0.315 e. The van der Waals surface area contributed by atoms with Gasteiger partial charge < -0.3 is 15.7 Å². The van der Waals surface area contributed by atoms with Crippen molar-refractivity contribution < 1.29 is 14.7 Å². The van der Waals surface area contributed by atoms with E-state index in [0.717, 1.165) is 0 Å². The molecule has 90 valence electrons. The Labute approximate surface area is 95.6 Å². The lowest BCUT2D eigenvalue weighted by Crippen LogP contribution is -2.38. The molecule has 0 fully saturated rings. The molecule has 5 nitrogen and oxygen atoms in total. The summed E-state index contributed by atoms with van der Waals surface area (Å²) in [5, 5.41) is 13.7. The molecule has 0 spiro atoms. The molecular weight excluding hydrogens is 208 g/mol. The number of rotatable bonds is 6. The molecule has 0 aliphatic rings. The number of amides is 2. The predicted octanol–water partition coefficient (Wildman–Crippen LogP) is 0.810. The lowest BCUT2D eigenvalue weighted by Gasteiger charge is -2.11. The van der Waals surface area contributed by atoms with Gasteiger partial charge in [-0.15, -0.1) is 5.92 Å².